The van der Waals surface area contributed by atoms with Gasteiger partial charge in [0.05, 0.1) is 6.04 Å². The zero-order valence-corrected chi connectivity index (χ0v) is 18.2. The van der Waals surface area contributed by atoms with Crippen molar-refractivity contribution in [2.45, 2.75) is 49.9 Å². The first-order valence-corrected chi connectivity index (χ1v) is 11.9. The highest BCUT2D eigenvalue weighted by Gasteiger charge is 2.55. The Kier molecular flexibility index (Phi) is 6.03. The van der Waals surface area contributed by atoms with Gasteiger partial charge in [-0.2, -0.15) is 17.0 Å². The van der Waals surface area contributed by atoms with Gasteiger partial charge in [0, 0.05) is 30.7 Å². The van der Waals surface area contributed by atoms with Gasteiger partial charge in [0.25, 0.3) is 10.2 Å². The van der Waals surface area contributed by atoms with E-state index in [1.54, 1.807) is 24.3 Å². The summed E-state index contributed by atoms with van der Waals surface area (Å²) >= 11 is 5.87. The number of piperidine rings is 1. The fourth-order valence-electron chi connectivity index (χ4n) is 4.77. The molecule has 3 fully saturated rings. The van der Waals surface area contributed by atoms with Crippen LogP contribution in [0.5, 0.6) is 5.75 Å². The van der Waals surface area contributed by atoms with Crippen molar-refractivity contribution in [1.29, 1.82) is 0 Å². The number of carbonyl (C=O) groups is 2. The molecule has 3 aliphatic heterocycles. The van der Waals surface area contributed by atoms with Gasteiger partial charge in [-0.25, -0.2) is 4.79 Å². The first-order valence-electron chi connectivity index (χ1n) is 10.1. The number of aliphatic carboxylic acids is 1. The average Bonchev–Trinajstić information content (AvgIpc) is 3.03. The Morgan fingerprint density at radius 2 is 1.68 bits per heavy atom. The quantitative estimate of drug-likeness (QED) is 0.666. The molecule has 3 saturated heterocycles. The summed E-state index contributed by atoms with van der Waals surface area (Å²) in [5.74, 6) is -0.681. The Labute approximate surface area is 185 Å². The van der Waals surface area contributed by atoms with E-state index in [1.807, 2.05) is 0 Å². The van der Waals surface area contributed by atoms with Crippen molar-refractivity contribution in [2.75, 3.05) is 19.6 Å². The molecule has 1 aromatic rings. The molecule has 31 heavy (non-hydrogen) atoms. The van der Waals surface area contributed by atoms with Gasteiger partial charge < -0.3 is 14.9 Å². The van der Waals surface area contributed by atoms with Gasteiger partial charge in [-0.15, -0.1) is 0 Å². The average molecular weight is 474 g/mol. The SMILES string of the molecule is O=C(O)[C@@H]1[C@@H]2CC[C@H](CN1S(=O)(=O)N1CCC(Oc3ccc(Cl)cc3)CC1)N2C(=O)O. The van der Waals surface area contributed by atoms with E-state index in [4.69, 9.17) is 16.3 Å². The van der Waals surface area contributed by atoms with Crippen molar-refractivity contribution >= 4 is 33.9 Å². The second-order valence-electron chi connectivity index (χ2n) is 8.02. The Hall–Kier alpha value is -2.08. The van der Waals surface area contributed by atoms with Crippen LogP contribution in [0.4, 0.5) is 4.79 Å². The lowest BCUT2D eigenvalue weighted by Gasteiger charge is -2.45. The highest BCUT2D eigenvalue weighted by molar-refractivity contribution is 7.86. The van der Waals surface area contributed by atoms with E-state index in [0.717, 1.165) is 9.21 Å². The number of ether oxygens (including phenoxy) is 1. The molecule has 0 aromatic heterocycles. The number of fused-ring (bicyclic) bond motifs is 2. The molecule has 12 heteroatoms. The highest BCUT2D eigenvalue weighted by Crippen LogP contribution is 2.37. The Morgan fingerprint density at radius 1 is 1.03 bits per heavy atom. The van der Waals surface area contributed by atoms with Crippen molar-refractivity contribution in [3.05, 3.63) is 29.3 Å². The first kappa shape index (κ1) is 22.1. The minimum Gasteiger partial charge on any atom is -0.490 e. The summed E-state index contributed by atoms with van der Waals surface area (Å²) in [5.41, 5.74) is 0. The number of carboxylic acids is 1. The van der Waals surface area contributed by atoms with Crippen molar-refractivity contribution < 1.29 is 33.0 Å². The molecule has 1 amide bonds. The second kappa shape index (κ2) is 8.45. The molecule has 0 saturated carbocycles. The number of carboxylic acid groups (broad SMARTS) is 2. The standard InChI is InChI=1S/C19H24ClN3O7S/c20-12-1-4-14(5-2-12)30-15-7-9-21(10-8-15)31(28,29)22-11-13-3-6-16(17(22)18(24)25)23(13)19(26)27/h1-2,4-5,13,15-17H,3,6-11H2,(H,24,25)(H,26,27)/t13-,16+,17+/m1/s1. The zero-order valence-electron chi connectivity index (χ0n) is 16.6. The van der Waals surface area contributed by atoms with Crippen LogP contribution in [0.1, 0.15) is 25.7 Å². The predicted molar refractivity (Wildman–Crippen MR) is 110 cm³/mol. The van der Waals surface area contributed by atoms with Crippen molar-refractivity contribution in [2.24, 2.45) is 0 Å². The number of benzene rings is 1. The van der Waals surface area contributed by atoms with E-state index in [-0.39, 0.29) is 25.7 Å². The van der Waals surface area contributed by atoms with E-state index in [0.29, 0.717) is 36.5 Å². The van der Waals surface area contributed by atoms with Crippen LogP contribution < -0.4 is 4.74 Å². The third-order valence-corrected chi connectivity index (χ3v) is 8.46. The molecule has 170 valence electrons. The maximum Gasteiger partial charge on any atom is 0.407 e. The first-order chi connectivity index (χ1) is 14.7. The number of nitrogens with zero attached hydrogens (tertiary/aromatic N) is 3. The molecule has 0 unspecified atom stereocenters. The maximum absolute atomic E-state index is 13.3. The third kappa shape index (κ3) is 4.19. The molecular formula is C19H24ClN3O7S. The van der Waals surface area contributed by atoms with Gasteiger partial charge in [0.2, 0.25) is 0 Å². The van der Waals surface area contributed by atoms with Gasteiger partial charge in [0.15, 0.2) is 0 Å². The molecule has 0 spiro atoms. The third-order valence-electron chi connectivity index (χ3n) is 6.23. The summed E-state index contributed by atoms with van der Waals surface area (Å²) in [4.78, 5) is 24.6. The molecule has 1 aromatic carbocycles. The van der Waals surface area contributed by atoms with Gasteiger partial charge >= 0.3 is 12.1 Å². The van der Waals surface area contributed by atoms with Crippen LogP contribution in [0.2, 0.25) is 5.02 Å². The predicted octanol–water partition coefficient (Wildman–Crippen LogP) is 1.71. The Bertz CT molecular complexity index is 950. The van der Waals surface area contributed by atoms with Crippen LogP contribution in [-0.4, -0.2) is 88.1 Å². The number of rotatable bonds is 5. The van der Waals surface area contributed by atoms with Crippen molar-refractivity contribution in [3.8, 4) is 5.75 Å². The zero-order chi connectivity index (χ0) is 22.3. The normalized spacial score (nSPS) is 27.9. The highest BCUT2D eigenvalue weighted by atomic mass is 35.5. The van der Waals surface area contributed by atoms with Crippen LogP contribution in [0.25, 0.3) is 0 Å². The molecule has 4 rings (SSSR count). The second-order valence-corrected chi connectivity index (χ2v) is 10.3. The van der Waals surface area contributed by atoms with E-state index in [2.05, 4.69) is 0 Å². The largest absolute Gasteiger partial charge is 0.490 e. The fourth-order valence-corrected chi connectivity index (χ4v) is 6.75. The number of hydrogen-bond donors (Lipinski definition) is 2. The molecule has 2 bridgehead atoms. The van der Waals surface area contributed by atoms with Crippen molar-refractivity contribution in [1.82, 2.24) is 13.5 Å². The van der Waals surface area contributed by atoms with Crippen LogP contribution in [0, 0.1) is 0 Å². The Balaban J connectivity index is 1.45. The lowest BCUT2D eigenvalue weighted by atomic mass is 10.1. The van der Waals surface area contributed by atoms with Gasteiger partial charge in [-0.05, 0) is 49.9 Å². The van der Waals surface area contributed by atoms with Crippen LogP contribution >= 0.6 is 11.6 Å². The fraction of sp³-hybridized carbons (Fsp3) is 0.579. The molecule has 2 N–H and O–H groups in total. The van der Waals surface area contributed by atoms with Gasteiger partial charge in [-0.3, -0.25) is 9.69 Å². The lowest BCUT2D eigenvalue weighted by molar-refractivity contribution is -0.145. The Morgan fingerprint density at radius 3 is 2.26 bits per heavy atom. The van der Waals surface area contributed by atoms with Crippen molar-refractivity contribution in [3.63, 3.8) is 0 Å². The summed E-state index contributed by atoms with van der Waals surface area (Å²) < 4.78 is 34.8. The van der Waals surface area contributed by atoms with Gasteiger partial charge in [-0.1, -0.05) is 11.6 Å². The number of amides is 1. The molecular weight excluding hydrogens is 450 g/mol. The maximum atomic E-state index is 13.3. The minimum atomic E-state index is -4.06. The topological polar surface area (TPSA) is 128 Å². The molecule has 10 nitrogen and oxygen atoms in total. The molecule has 3 heterocycles. The number of piperazine rings is 1. The van der Waals surface area contributed by atoms with E-state index in [9.17, 15) is 28.2 Å². The van der Waals surface area contributed by atoms with Crippen LogP contribution in [0.15, 0.2) is 24.3 Å². The summed E-state index contributed by atoms with van der Waals surface area (Å²) in [6, 6.07) is 4.10. The monoisotopic (exact) mass is 473 g/mol. The summed E-state index contributed by atoms with van der Waals surface area (Å²) in [7, 11) is -4.06. The van der Waals surface area contributed by atoms with Crippen LogP contribution in [-0.2, 0) is 15.0 Å². The number of hydrogen-bond acceptors (Lipinski definition) is 5. The van der Waals surface area contributed by atoms with E-state index < -0.39 is 40.4 Å². The summed E-state index contributed by atoms with van der Waals surface area (Å²) in [5, 5.41) is 19.8. The van der Waals surface area contributed by atoms with E-state index in [1.165, 1.54) is 4.31 Å². The smallest absolute Gasteiger partial charge is 0.407 e. The molecule has 0 radical (unpaired) electrons. The van der Waals surface area contributed by atoms with E-state index >= 15 is 0 Å². The summed E-state index contributed by atoms with van der Waals surface area (Å²) in [6.07, 6.45) is 0.322. The number of halogens is 1. The summed E-state index contributed by atoms with van der Waals surface area (Å²) in [6.45, 7) is 0.242. The lowest BCUT2D eigenvalue weighted by Crippen LogP contribution is -2.66. The minimum absolute atomic E-state index is 0.150. The molecule has 3 aliphatic rings. The van der Waals surface area contributed by atoms with Crippen LogP contribution in [0.3, 0.4) is 0 Å². The molecule has 3 atom stereocenters. The van der Waals surface area contributed by atoms with Gasteiger partial charge in [0.1, 0.15) is 17.9 Å². The molecule has 0 aliphatic carbocycles.